The zero-order chi connectivity index (χ0) is 6.53. The molecule has 0 aliphatic carbocycles. The molecule has 0 bridgehead atoms. The summed E-state index contributed by atoms with van der Waals surface area (Å²) in [4.78, 5) is 13.8. The molecule has 2 nitrogen and oxygen atoms in total. The molecule has 3 heteroatoms. The molecule has 1 rings (SSSR count). The summed E-state index contributed by atoms with van der Waals surface area (Å²) in [6.45, 7) is 0. The third kappa shape index (κ3) is 2.73. The molecule has 0 aromatic carbocycles. The molecular formula is C7H8BrNO. The molecule has 54 valence electrons. The number of halogens is 1. The van der Waals surface area contributed by atoms with Gasteiger partial charge in [-0.25, -0.2) is 0 Å². The van der Waals surface area contributed by atoms with Crippen molar-refractivity contribution in [3.63, 3.8) is 0 Å². The third-order valence-electron chi connectivity index (χ3n) is 1.04. The summed E-state index contributed by atoms with van der Waals surface area (Å²) >= 11 is 0. The minimum Gasteiger partial charge on any atom is -0.303 e. The quantitative estimate of drug-likeness (QED) is 0.678. The molecule has 0 aliphatic rings. The molecule has 1 aromatic rings. The van der Waals surface area contributed by atoms with Gasteiger partial charge in [0.15, 0.2) is 0 Å². The normalized spacial score (nSPS) is 8.00. The van der Waals surface area contributed by atoms with E-state index in [1.165, 1.54) is 0 Å². The zero-order valence-electron chi connectivity index (χ0n) is 5.36. The number of pyridine rings is 1. The van der Waals surface area contributed by atoms with Crippen molar-refractivity contribution < 1.29 is 4.79 Å². The number of carbonyl (C=O) groups is 1. The Balaban J connectivity index is 0.000000810. The van der Waals surface area contributed by atoms with Crippen molar-refractivity contribution in [3.8, 4) is 0 Å². The number of aromatic nitrogens is 1. The maximum absolute atomic E-state index is 9.95. The van der Waals surface area contributed by atoms with E-state index in [0.717, 1.165) is 11.8 Å². The number of hydrogen-bond donors (Lipinski definition) is 0. The molecule has 0 atom stereocenters. The highest BCUT2D eigenvalue weighted by atomic mass is 79.9. The predicted octanol–water partition coefficient (Wildman–Crippen LogP) is 1.40. The minimum atomic E-state index is 0. The Labute approximate surface area is 70.1 Å². The molecular weight excluding hydrogens is 194 g/mol. The summed E-state index contributed by atoms with van der Waals surface area (Å²) in [5.41, 5.74) is 0.965. The molecule has 0 fully saturated rings. The molecule has 0 radical (unpaired) electrons. The molecule has 1 aromatic heterocycles. The Bertz CT molecular complexity index is 188. The molecule has 0 aliphatic heterocycles. The first-order chi connectivity index (χ1) is 4.43. The molecule has 0 amide bonds. The van der Waals surface area contributed by atoms with Crippen molar-refractivity contribution in [3.05, 3.63) is 30.1 Å². The van der Waals surface area contributed by atoms with Gasteiger partial charge in [-0.15, -0.1) is 17.0 Å². The van der Waals surface area contributed by atoms with Gasteiger partial charge < -0.3 is 4.79 Å². The largest absolute Gasteiger partial charge is 0.303 e. The first kappa shape index (κ1) is 9.30. The van der Waals surface area contributed by atoms with Crippen molar-refractivity contribution in [2.45, 2.75) is 6.42 Å². The Morgan fingerprint density at radius 3 is 2.90 bits per heavy atom. The van der Waals surface area contributed by atoms with E-state index in [1.807, 2.05) is 12.1 Å². The Morgan fingerprint density at radius 1 is 1.60 bits per heavy atom. The summed E-state index contributed by atoms with van der Waals surface area (Å²) in [5, 5.41) is 0. The fourth-order valence-electron chi connectivity index (χ4n) is 0.615. The van der Waals surface area contributed by atoms with E-state index in [4.69, 9.17) is 0 Å². The van der Waals surface area contributed by atoms with Gasteiger partial charge in [0.2, 0.25) is 0 Å². The van der Waals surface area contributed by atoms with Crippen LogP contribution < -0.4 is 0 Å². The average Bonchev–Trinajstić information content (AvgIpc) is 1.91. The van der Waals surface area contributed by atoms with Gasteiger partial charge in [0.05, 0.1) is 0 Å². The molecule has 1 heterocycles. The van der Waals surface area contributed by atoms with Gasteiger partial charge in [-0.1, -0.05) is 6.07 Å². The lowest BCUT2D eigenvalue weighted by Crippen LogP contribution is -1.84. The van der Waals surface area contributed by atoms with E-state index in [1.54, 1.807) is 12.4 Å². The van der Waals surface area contributed by atoms with Crippen LogP contribution in [0.2, 0.25) is 0 Å². The van der Waals surface area contributed by atoms with Crippen LogP contribution in [-0.4, -0.2) is 11.3 Å². The van der Waals surface area contributed by atoms with E-state index in [2.05, 4.69) is 4.98 Å². The first-order valence-electron chi connectivity index (χ1n) is 2.76. The Kier molecular flexibility index (Phi) is 4.76. The summed E-state index contributed by atoms with van der Waals surface area (Å²) in [6, 6.07) is 3.69. The minimum absolute atomic E-state index is 0. The van der Waals surface area contributed by atoms with Crippen LogP contribution in [0.25, 0.3) is 0 Å². The maximum atomic E-state index is 9.95. The lowest BCUT2D eigenvalue weighted by molar-refractivity contribution is -0.107. The van der Waals surface area contributed by atoms with E-state index >= 15 is 0 Å². The predicted molar refractivity (Wildman–Crippen MR) is 44.3 cm³/mol. The van der Waals surface area contributed by atoms with Crippen molar-refractivity contribution >= 4 is 23.3 Å². The summed E-state index contributed by atoms with van der Waals surface area (Å²) in [6.07, 6.45) is 4.72. The lowest BCUT2D eigenvalue weighted by atomic mass is 10.2. The van der Waals surface area contributed by atoms with Crippen molar-refractivity contribution in [1.82, 2.24) is 4.98 Å². The molecule has 10 heavy (non-hydrogen) atoms. The SMILES string of the molecule is Br.O=CCc1cccnc1. The smallest absolute Gasteiger partial charge is 0.124 e. The van der Waals surface area contributed by atoms with Crippen LogP contribution in [0.1, 0.15) is 5.56 Å². The first-order valence-corrected chi connectivity index (χ1v) is 2.76. The fourth-order valence-corrected chi connectivity index (χ4v) is 0.615. The van der Waals surface area contributed by atoms with Crippen LogP contribution in [0.15, 0.2) is 24.5 Å². The van der Waals surface area contributed by atoms with Gasteiger partial charge in [-0.3, -0.25) is 4.98 Å². The molecule has 0 spiro atoms. The van der Waals surface area contributed by atoms with Crippen molar-refractivity contribution in [2.75, 3.05) is 0 Å². The van der Waals surface area contributed by atoms with Crippen LogP contribution in [0.3, 0.4) is 0 Å². The van der Waals surface area contributed by atoms with Gasteiger partial charge in [0, 0.05) is 18.8 Å². The van der Waals surface area contributed by atoms with Gasteiger partial charge in [0.25, 0.3) is 0 Å². The Morgan fingerprint density at radius 2 is 2.40 bits per heavy atom. The highest BCUT2D eigenvalue weighted by Crippen LogP contribution is 1.92. The van der Waals surface area contributed by atoms with E-state index < -0.39 is 0 Å². The van der Waals surface area contributed by atoms with Crippen LogP contribution in [0.5, 0.6) is 0 Å². The van der Waals surface area contributed by atoms with Crippen LogP contribution in [0, 0.1) is 0 Å². The number of carbonyl (C=O) groups excluding carboxylic acids is 1. The second-order valence-electron chi connectivity index (χ2n) is 1.73. The molecule has 0 unspecified atom stereocenters. The van der Waals surface area contributed by atoms with Crippen molar-refractivity contribution in [2.24, 2.45) is 0 Å². The van der Waals surface area contributed by atoms with Gasteiger partial charge in [-0.2, -0.15) is 0 Å². The average molecular weight is 202 g/mol. The topological polar surface area (TPSA) is 30.0 Å². The number of rotatable bonds is 2. The number of aldehydes is 1. The highest BCUT2D eigenvalue weighted by molar-refractivity contribution is 8.93. The monoisotopic (exact) mass is 201 g/mol. The van der Waals surface area contributed by atoms with Crippen LogP contribution >= 0.6 is 17.0 Å². The van der Waals surface area contributed by atoms with Crippen LogP contribution in [-0.2, 0) is 11.2 Å². The van der Waals surface area contributed by atoms with E-state index in [-0.39, 0.29) is 17.0 Å². The van der Waals surface area contributed by atoms with E-state index in [0.29, 0.717) is 6.42 Å². The lowest BCUT2D eigenvalue weighted by Gasteiger charge is -1.88. The number of nitrogens with zero attached hydrogens (tertiary/aromatic N) is 1. The second kappa shape index (κ2) is 5.11. The van der Waals surface area contributed by atoms with Gasteiger partial charge in [-0.05, 0) is 11.6 Å². The van der Waals surface area contributed by atoms with Crippen LogP contribution in [0.4, 0.5) is 0 Å². The zero-order valence-corrected chi connectivity index (χ0v) is 7.07. The maximum Gasteiger partial charge on any atom is 0.124 e. The van der Waals surface area contributed by atoms with Crippen molar-refractivity contribution in [1.29, 1.82) is 0 Å². The highest BCUT2D eigenvalue weighted by Gasteiger charge is 1.85. The second-order valence-corrected chi connectivity index (χ2v) is 1.73. The molecule has 0 saturated carbocycles. The Hall–Kier alpha value is -0.700. The third-order valence-corrected chi connectivity index (χ3v) is 1.04. The summed E-state index contributed by atoms with van der Waals surface area (Å²) < 4.78 is 0. The number of hydrogen-bond acceptors (Lipinski definition) is 2. The standard InChI is InChI=1S/C7H7NO.BrH/c9-5-3-7-2-1-4-8-6-7;/h1-2,4-6H,3H2;1H. The van der Waals surface area contributed by atoms with E-state index in [9.17, 15) is 4.79 Å². The fraction of sp³-hybridized carbons (Fsp3) is 0.143. The van der Waals surface area contributed by atoms with Gasteiger partial charge >= 0.3 is 0 Å². The summed E-state index contributed by atoms with van der Waals surface area (Å²) in [5.74, 6) is 0. The molecule has 0 saturated heterocycles. The summed E-state index contributed by atoms with van der Waals surface area (Å²) in [7, 11) is 0. The molecule has 0 N–H and O–H groups in total. The van der Waals surface area contributed by atoms with Gasteiger partial charge in [0.1, 0.15) is 6.29 Å².